The summed E-state index contributed by atoms with van der Waals surface area (Å²) >= 11 is 5.98. The molecule has 0 aliphatic carbocycles. The normalized spacial score (nSPS) is 16.4. The van der Waals surface area contributed by atoms with Crippen LogP contribution in [0.25, 0.3) is 0 Å². The van der Waals surface area contributed by atoms with Crippen LogP contribution in [-0.4, -0.2) is 34.9 Å². The quantitative estimate of drug-likeness (QED) is 0.638. The third kappa shape index (κ3) is 3.47. The summed E-state index contributed by atoms with van der Waals surface area (Å²) in [6.07, 6.45) is 0.943. The highest BCUT2D eigenvalue weighted by Crippen LogP contribution is 2.24. The highest BCUT2D eigenvalue weighted by Gasteiger charge is 2.49. The van der Waals surface area contributed by atoms with Crippen LogP contribution in [0.5, 0.6) is 0 Å². The van der Waals surface area contributed by atoms with Gasteiger partial charge in [-0.05, 0) is 18.9 Å². The summed E-state index contributed by atoms with van der Waals surface area (Å²) in [7, 11) is 0. The molecule has 2 rings (SSSR count). The molecule has 6 nitrogen and oxygen atoms in total. The van der Waals surface area contributed by atoms with Crippen LogP contribution in [0.4, 0.5) is 4.79 Å². The Balaban J connectivity index is 1.97. The first-order valence-corrected chi connectivity index (χ1v) is 7.84. The Morgan fingerprint density at radius 3 is 2.48 bits per heavy atom. The molecule has 0 spiro atoms. The number of rotatable bonds is 6. The zero-order valence-corrected chi connectivity index (χ0v) is 13.9. The van der Waals surface area contributed by atoms with E-state index in [0.29, 0.717) is 23.4 Å². The number of halogens is 1. The highest BCUT2D eigenvalue weighted by atomic mass is 35.5. The van der Waals surface area contributed by atoms with Gasteiger partial charge in [0.2, 0.25) is 0 Å². The van der Waals surface area contributed by atoms with Gasteiger partial charge in [0.25, 0.3) is 5.91 Å². The Labute approximate surface area is 139 Å². The van der Waals surface area contributed by atoms with E-state index in [4.69, 9.17) is 16.3 Å². The van der Waals surface area contributed by atoms with Crippen LogP contribution >= 0.6 is 11.6 Å². The largest absolute Gasteiger partial charge is 0.459 e. The van der Waals surface area contributed by atoms with Gasteiger partial charge in [-0.1, -0.05) is 43.6 Å². The predicted molar refractivity (Wildman–Crippen MR) is 84.8 cm³/mol. The lowest BCUT2D eigenvalue weighted by Crippen LogP contribution is -2.46. The van der Waals surface area contributed by atoms with Crippen molar-refractivity contribution in [2.75, 3.05) is 6.54 Å². The van der Waals surface area contributed by atoms with Crippen molar-refractivity contribution >= 4 is 29.5 Å². The third-order valence-electron chi connectivity index (χ3n) is 4.09. The number of esters is 1. The second-order valence-corrected chi connectivity index (χ2v) is 5.77. The second-order valence-electron chi connectivity index (χ2n) is 5.36. The number of carbonyl (C=O) groups excluding carboxylic acids is 3. The molecule has 1 heterocycles. The Morgan fingerprint density at radius 1 is 1.26 bits per heavy atom. The fraction of sp³-hybridized carbons (Fsp3) is 0.438. The standard InChI is InChI=1S/C16H19ClN2O4/c1-3-16(4-2)14(21)19(15(22)18-16)9-13(20)23-10-11-7-5-6-8-12(11)17/h5-8H,3-4,9-10H2,1-2H3,(H,18,22). The van der Waals surface area contributed by atoms with Gasteiger partial charge in [-0.15, -0.1) is 0 Å². The van der Waals surface area contributed by atoms with E-state index in [1.54, 1.807) is 24.3 Å². The van der Waals surface area contributed by atoms with E-state index in [1.165, 1.54) is 0 Å². The van der Waals surface area contributed by atoms with Crippen molar-refractivity contribution in [2.24, 2.45) is 0 Å². The first-order chi connectivity index (χ1) is 10.9. The smallest absolute Gasteiger partial charge is 0.326 e. The number of ether oxygens (including phenoxy) is 1. The van der Waals surface area contributed by atoms with Crippen molar-refractivity contribution in [3.05, 3.63) is 34.9 Å². The number of nitrogens with one attached hydrogen (secondary N) is 1. The van der Waals surface area contributed by atoms with Crippen LogP contribution in [0, 0.1) is 0 Å². The number of carbonyl (C=O) groups is 3. The van der Waals surface area contributed by atoms with Gasteiger partial charge >= 0.3 is 12.0 Å². The average molecular weight is 339 g/mol. The molecular formula is C16H19ClN2O4. The monoisotopic (exact) mass is 338 g/mol. The minimum atomic E-state index is -0.917. The number of urea groups is 1. The molecular weight excluding hydrogens is 320 g/mol. The van der Waals surface area contributed by atoms with Gasteiger partial charge in [-0.2, -0.15) is 0 Å². The van der Waals surface area contributed by atoms with Crippen LogP contribution < -0.4 is 5.32 Å². The molecule has 0 atom stereocenters. The van der Waals surface area contributed by atoms with Gasteiger partial charge in [0, 0.05) is 10.6 Å². The van der Waals surface area contributed by atoms with E-state index in [9.17, 15) is 14.4 Å². The highest BCUT2D eigenvalue weighted by molar-refractivity contribution is 6.31. The summed E-state index contributed by atoms with van der Waals surface area (Å²) in [6, 6.07) is 6.43. The number of benzene rings is 1. The number of hydrogen-bond donors (Lipinski definition) is 1. The molecule has 1 fully saturated rings. The number of hydrogen-bond acceptors (Lipinski definition) is 4. The number of amides is 3. The Bertz CT molecular complexity index is 628. The van der Waals surface area contributed by atoms with Crippen LogP contribution in [0.2, 0.25) is 5.02 Å². The maximum absolute atomic E-state index is 12.4. The van der Waals surface area contributed by atoms with Gasteiger partial charge in [-0.25, -0.2) is 4.79 Å². The number of imide groups is 1. The lowest BCUT2D eigenvalue weighted by Gasteiger charge is -2.22. The van der Waals surface area contributed by atoms with Crippen LogP contribution in [0.15, 0.2) is 24.3 Å². The minimum Gasteiger partial charge on any atom is -0.459 e. The van der Waals surface area contributed by atoms with Gasteiger partial charge in [0.15, 0.2) is 0 Å². The number of nitrogens with zero attached hydrogens (tertiary/aromatic N) is 1. The molecule has 3 amide bonds. The first-order valence-electron chi connectivity index (χ1n) is 7.46. The van der Waals surface area contributed by atoms with Crippen LogP contribution in [-0.2, 0) is 20.9 Å². The average Bonchev–Trinajstić information content (AvgIpc) is 2.79. The molecule has 0 aromatic heterocycles. The fourth-order valence-electron chi connectivity index (χ4n) is 2.50. The van der Waals surface area contributed by atoms with Crippen LogP contribution in [0.3, 0.4) is 0 Å². The zero-order chi connectivity index (χ0) is 17.0. The van der Waals surface area contributed by atoms with Crippen molar-refractivity contribution in [1.29, 1.82) is 0 Å². The van der Waals surface area contributed by atoms with E-state index in [-0.39, 0.29) is 12.5 Å². The molecule has 0 radical (unpaired) electrons. The van der Waals surface area contributed by atoms with E-state index < -0.39 is 24.1 Å². The Kier molecular flexibility index (Phi) is 5.26. The Hall–Kier alpha value is -2.08. The summed E-state index contributed by atoms with van der Waals surface area (Å²) in [6.45, 7) is 3.23. The maximum atomic E-state index is 12.4. The summed E-state index contributed by atoms with van der Waals surface area (Å²) in [5.74, 6) is -1.04. The van der Waals surface area contributed by atoms with Gasteiger partial charge in [0.1, 0.15) is 18.7 Å². The lowest BCUT2D eigenvalue weighted by atomic mass is 9.93. The van der Waals surface area contributed by atoms with Gasteiger partial charge < -0.3 is 10.1 Å². The molecule has 124 valence electrons. The summed E-state index contributed by atoms with van der Waals surface area (Å²) in [4.78, 5) is 37.2. The summed E-state index contributed by atoms with van der Waals surface area (Å²) in [5.41, 5.74) is -0.253. The van der Waals surface area contributed by atoms with Crippen molar-refractivity contribution < 1.29 is 19.1 Å². The SMILES string of the molecule is CCC1(CC)NC(=O)N(CC(=O)OCc2ccccc2Cl)C1=O. The molecule has 0 unspecified atom stereocenters. The topological polar surface area (TPSA) is 75.7 Å². The zero-order valence-electron chi connectivity index (χ0n) is 13.1. The fourth-order valence-corrected chi connectivity index (χ4v) is 2.69. The van der Waals surface area contributed by atoms with Crippen molar-refractivity contribution in [2.45, 2.75) is 38.8 Å². The van der Waals surface area contributed by atoms with Gasteiger partial charge in [0.05, 0.1) is 0 Å². The van der Waals surface area contributed by atoms with E-state index in [1.807, 2.05) is 13.8 Å². The van der Waals surface area contributed by atoms with E-state index >= 15 is 0 Å². The molecule has 1 aromatic carbocycles. The molecule has 1 saturated heterocycles. The third-order valence-corrected chi connectivity index (χ3v) is 4.46. The molecule has 23 heavy (non-hydrogen) atoms. The Morgan fingerprint density at radius 2 is 1.91 bits per heavy atom. The van der Waals surface area contributed by atoms with Crippen LogP contribution in [0.1, 0.15) is 32.3 Å². The molecule has 1 N–H and O–H groups in total. The molecule has 1 aliphatic heterocycles. The maximum Gasteiger partial charge on any atom is 0.326 e. The molecule has 1 aliphatic rings. The first kappa shape index (κ1) is 17.3. The molecule has 0 saturated carbocycles. The molecule has 0 bridgehead atoms. The predicted octanol–water partition coefficient (Wildman–Crippen LogP) is 2.49. The second kappa shape index (κ2) is 7.00. The van der Waals surface area contributed by atoms with Crippen molar-refractivity contribution in [1.82, 2.24) is 10.2 Å². The summed E-state index contributed by atoms with van der Waals surface area (Å²) in [5, 5.41) is 3.16. The van der Waals surface area contributed by atoms with Crippen molar-refractivity contribution in [3.63, 3.8) is 0 Å². The summed E-state index contributed by atoms with van der Waals surface area (Å²) < 4.78 is 5.11. The van der Waals surface area contributed by atoms with E-state index in [0.717, 1.165) is 4.90 Å². The van der Waals surface area contributed by atoms with E-state index in [2.05, 4.69) is 5.32 Å². The van der Waals surface area contributed by atoms with Crippen molar-refractivity contribution in [3.8, 4) is 0 Å². The minimum absolute atomic E-state index is 0.00510. The molecule has 7 heteroatoms. The van der Waals surface area contributed by atoms with Gasteiger partial charge in [-0.3, -0.25) is 14.5 Å². The molecule has 1 aromatic rings. The lowest BCUT2D eigenvalue weighted by molar-refractivity contribution is -0.148.